The van der Waals surface area contributed by atoms with E-state index in [2.05, 4.69) is 10.6 Å². The van der Waals surface area contributed by atoms with Gasteiger partial charge in [-0.2, -0.15) is 0 Å². The highest BCUT2D eigenvalue weighted by Gasteiger charge is 2.75. The molecule has 3 aliphatic heterocycles. The number of fused-ring (bicyclic) bond motifs is 1. The molecular formula is C28H41N3O6. The van der Waals surface area contributed by atoms with Crippen LogP contribution in [-0.4, -0.2) is 70.3 Å². The average molecular weight is 516 g/mol. The number of carbonyl (C=O) groups excluding carboxylic acids is 3. The molecule has 9 nitrogen and oxygen atoms in total. The number of nitrogens with zero attached hydrogens (tertiary/aromatic N) is 1. The predicted octanol–water partition coefficient (Wildman–Crippen LogP) is 2.72. The van der Waals surface area contributed by atoms with Crippen LogP contribution >= 0.6 is 0 Å². The van der Waals surface area contributed by atoms with E-state index in [1.807, 2.05) is 41.5 Å². The maximum Gasteiger partial charge on any atom is 0.246 e. The lowest BCUT2D eigenvalue weighted by Crippen LogP contribution is -2.60. The Kier molecular flexibility index (Phi) is 7.59. The fourth-order valence-electron chi connectivity index (χ4n) is 6.37. The van der Waals surface area contributed by atoms with Crippen molar-refractivity contribution in [3.8, 4) is 5.75 Å². The molecule has 1 aromatic carbocycles. The molecule has 9 heteroatoms. The topological polar surface area (TPSA) is 117 Å². The molecular weight excluding hydrogens is 474 g/mol. The quantitative estimate of drug-likeness (QED) is 0.466. The second-order valence-electron chi connectivity index (χ2n) is 12.0. The van der Waals surface area contributed by atoms with Gasteiger partial charge in [0.05, 0.1) is 37.2 Å². The first-order chi connectivity index (χ1) is 17.4. The Morgan fingerprint density at radius 1 is 1.22 bits per heavy atom. The van der Waals surface area contributed by atoms with Crippen molar-refractivity contribution in [1.82, 2.24) is 10.2 Å². The summed E-state index contributed by atoms with van der Waals surface area (Å²) in [6, 6.07) is 5.64. The van der Waals surface area contributed by atoms with Crippen molar-refractivity contribution in [3.63, 3.8) is 0 Å². The van der Waals surface area contributed by atoms with E-state index in [1.165, 1.54) is 4.90 Å². The van der Waals surface area contributed by atoms with Gasteiger partial charge in [-0.25, -0.2) is 0 Å². The normalized spacial score (nSPS) is 29.4. The van der Waals surface area contributed by atoms with Gasteiger partial charge < -0.3 is 30.1 Å². The number of aliphatic hydroxyl groups excluding tert-OH is 1. The molecule has 1 spiro atoms. The minimum absolute atomic E-state index is 0.199. The predicted molar refractivity (Wildman–Crippen MR) is 139 cm³/mol. The highest BCUT2D eigenvalue weighted by atomic mass is 16.5. The Hall–Kier alpha value is -2.65. The standard InChI is InChI=1S/C28H41N3O6/c1-7-36-19-10-8-17(9-11-19)29-24(33)21-20-12-13-28(37-20)22(21)26(35)31(18(15-32)14-16(2)3)23(28)25(34)30-27(4,5)6/h8-11,16,18,20-23,32H,7,12-15H2,1-6H3,(H,29,33)(H,30,34)/t18-,20-,21+,22+,23?,28?/m1/s1. The molecule has 0 aromatic heterocycles. The van der Waals surface area contributed by atoms with Gasteiger partial charge in [0.25, 0.3) is 0 Å². The smallest absolute Gasteiger partial charge is 0.246 e. The summed E-state index contributed by atoms with van der Waals surface area (Å²) in [5.41, 5.74) is -1.01. The zero-order valence-electron chi connectivity index (χ0n) is 22.7. The SMILES string of the molecule is CCOc1ccc(NC(=O)[C@@H]2[C@H]3C(=O)N([C@@H](CO)CC(C)C)C(C(=O)NC(C)(C)C)C34CC[C@H]2O4)cc1. The van der Waals surface area contributed by atoms with Crippen LogP contribution in [0.4, 0.5) is 5.69 Å². The summed E-state index contributed by atoms with van der Waals surface area (Å²) in [4.78, 5) is 42.9. The van der Waals surface area contributed by atoms with E-state index in [0.29, 0.717) is 37.3 Å². The van der Waals surface area contributed by atoms with Gasteiger partial charge in [-0.3, -0.25) is 14.4 Å². The summed E-state index contributed by atoms with van der Waals surface area (Å²) >= 11 is 0. The molecule has 3 fully saturated rings. The summed E-state index contributed by atoms with van der Waals surface area (Å²) in [7, 11) is 0. The van der Waals surface area contributed by atoms with E-state index < -0.39 is 41.2 Å². The van der Waals surface area contributed by atoms with E-state index >= 15 is 0 Å². The molecule has 0 saturated carbocycles. The summed E-state index contributed by atoms with van der Waals surface area (Å²) in [6.07, 6.45) is 1.20. The van der Waals surface area contributed by atoms with Gasteiger partial charge in [0, 0.05) is 11.2 Å². The Labute approximate surface area is 219 Å². The largest absolute Gasteiger partial charge is 0.494 e. The van der Waals surface area contributed by atoms with Crippen LogP contribution in [0.2, 0.25) is 0 Å². The lowest BCUT2D eigenvalue weighted by atomic mass is 9.70. The van der Waals surface area contributed by atoms with Gasteiger partial charge in [-0.1, -0.05) is 13.8 Å². The zero-order valence-corrected chi connectivity index (χ0v) is 22.7. The molecule has 1 aromatic rings. The third-order valence-corrected chi connectivity index (χ3v) is 7.57. The van der Waals surface area contributed by atoms with Crippen LogP contribution in [0, 0.1) is 17.8 Å². The first-order valence-corrected chi connectivity index (χ1v) is 13.4. The molecule has 3 aliphatic rings. The van der Waals surface area contributed by atoms with Crippen LogP contribution in [0.5, 0.6) is 5.75 Å². The second kappa shape index (κ2) is 10.3. The van der Waals surface area contributed by atoms with Gasteiger partial charge in [0.15, 0.2) is 0 Å². The van der Waals surface area contributed by atoms with Crippen molar-refractivity contribution < 1.29 is 29.0 Å². The molecule has 3 saturated heterocycles. The third-order valence-electron chi connectivity index (χ3n) is 7.57. The number of anilines is 1. The Balaban J connectivity index is 1.66. The van der Waals surface area contributed by atoms with Gasteiger partial charge in [-0.05, 0) is 77.1 Å². The van der Waals surface area contributed by atoms with E-state index in [4.69, 9.17) is 9.47 Å². The van der Waals surface area contributed by atoms with Crippen molar-refractivity contribution in [1.29, 1.82) is 0 Å². The summed E-state index contributed by atoms with van der Waals surface area (Å²) in [5.74, 6) is -1.49. The number of nitrogens with one attached hydrogen (secondary N) is 2. The lowest BCUT2D eigenvalue weighted by Gasteiger charge is -2.38. The van der Waals surface area contributed by atoms with Crippen LogP contribution in [-0.2, 0) is 19.1 Å². The zero-order chi connectivity index (χ0) is 27.1. The maximum absolute atomic E-state index is 14.1. The molecule has 3 amide bonds. The molecule has 2 bridgehead atoms. The number of amides is 3. The van der Waals surface area contributed by atoms with Crippen LogP contribution < -0.4 is 15.4 Å². The van der Waals surface area contributed by atoms with Crippen molar-refractivity contribution >= 4 is 23.4 Å². The van der Waals surface area contributed by atoms with E-state index in [9.17, 15) is 19.5 Å². The van der Waals surface area contributed by atoms with Crippen molar-refractivity contribution in [3.05, 3.63) is 24.3 Å². The molecule has 204 valence electrons. The molecule has 0 aliphatic carbocycles. The third kappa shape index (κ3) is 5.08. The minimum atomic E-state index is -1.09. The second-order valence-corrected chi connectivity index (χ2v) is 12.0. The highest BCUT2D eigenvalue weighted by molar-refractivity contribution is 6.02. The van der Waals surface area contributed by atoms with Gasteiger partial charge >= 0.3 is 0 Å². The van der Waals surface area contributed by atoms with Crippen molar-refractivity contribution in [2.45, 2.75) is 90.1 Å². The fraction of sp³-hybridized carbons (Fsp3) is 0.679. The molecule has 37 heavy (non-hydrogen) atoms. The number of hydrogen-bond donors (Lipinski definition) is 3. The Morgan fingerprint density at radius 3 is 2.46 bits per heavy atom. The van der Waals surface area contributed by atoms with Crippen LogP contribution in [0.15, 0.2) is 24.3 Å². The molecule has 2 unspecified atom stereocenters. The van der Waals surface area contributed by atoms with Crippen LogP contribution in [0.1, 0.15) is 60.8 Å². The average Bonchev–Trinajstić information content (AvgIpc) is 3.45. The number of carbonyl (C=O) groups is 3. The van der Waals surface area contributed by atoms with Crippen LogP contribution in [0.3, 0.4) is 0 Å². The number of likely N-dealkylation sites (tertiary alicyclic amines) is 1. The summed E-state index contributed by atoms with van der Waals surface area (Å²) in [5, 5.41) is 16.3. The van der Waals surface area contributed by atoms with E-state index in [0.717, 1.165) is 0 Å². The summed E-state index contributed by atoms with van der Waals surface area (Å²) in [6.45, 7) is 11.9. The Morgan fingerprint density at radius 2 is 1.89 bits per heavy atom. The van der Waals surface area contributed by atoms with E-state index in [-0.39, 0.29) is 30.2 Å². The van der Waals surface area contributed by atoms with Crippen molar-refractivity contribution in [2.24, 2.45) is 17.8 Å². The molecule has 4 rings (SSSR count). The maximum atomic E-state index is 14.1. The first kappa shape index (κ1) is 27.4. The monoisotopic (exact) mass is 515 g/mol. The van der Waals surface area contributed by atoms with Crippen LogP contribution in [0.25, 0.3) is 0 Å². The first-order valence-electron chi connectivity index (χ1n) is 13.4. The number of rotatable bonds is 9. The number of hydrogen-bond acceptors (Lipinski definition) is 6. The minimum Gasteiger partial charge on any atom is -0.494 e. The molecule has 3 heterocycles. The number of aliphatic hydroxyl groups is 1. The lowest BCUT2D eigenvalue weighted by molar-refractivity contribution is -0.146. The van der Waals surface area contributed by atoms with Gasteiger partial charge in [0.1, 0.15) is 17.4 Å². The number of ether oxygens (including phenoxy) is 2. The van der Waals surface area contributed by atoms with Crippen molar-refractivity contribution in [2.75, 3.05) is 18.5 Å². The van der Waals surface area contributed by atoms with Gasteiger partial charge in [-0.15, -0.1) is 0 Å². The summed E-state index contributed by atoms with van der Waals surface area (Å²) < 4.78 is 11.9. The Bertz CT molecular complexity index is 1020. The molecule has 0 radical (unpaired) electrons. The highest BCUT2D eigenvalue weighted by Crippen LogP contribution is 2.59. The fourth-order valence-corrected chi connectivity index (χ4v) is 6.37. The molecule has 3 N–H and O–H groups in total. The van der Waals surface area contributed by atoms with Gasteiger partial charge in [0.2, 0.25) is 17.7 Å². The molecule has 6 atom stereocenters. The number of benzene rings is 1. The van der Waals surface area contributed by atoms with E-state index in [1.54, 1.807) is 24.3 Å².